The molecule has 1 aliphatic heterocycles. The Labute approximate surface area is 403 Å². The van der Waals surface area contributed by atoms with Crippen LogP contribution in [0.4, 0.5) is 4.79 Å². The van der Waals surface area contributed by atoms with E-state index >= 15 is 0 Å². The number of methoxy groups -OCH3 is 3. The van der Waals surface area contributed by atoms with Crippen LogP contribution in [0.5, 0.6) is 0 Å². The Bertz CT molecular complexity index is 1950. The molecule has 1 fully saturated rings. The fourth-order valence-corrected chi connectivity index (χ4v) is 9.14. The summed E-state index contributed by atoms with van der Waals surface area (Å²) >= 11 is 0. The molecule has 1 aliphatic rings. The molecule has 0 saturated carbocycles. The van der Waals surface area contributed by atoms with Crippen LogP contribution in [-0.4, -0.2) is 147 Å². The minimum absolute atomic E-state index is 0.0196. The van der Waals surface area contributed by atoms with Gasteiger partial charge in [0.05, 0.1) is 43.7 Å². The van der Waals surface area contributed by atoms with Gasteiger partial charge in [0.15, 0.2) is 0 Å². The van der Waals surface area contributed by atoms with Gasteiger partial charge in [0.25, 0.3) is 0 Å². The first-order valence-electron chi connectivity index (χ1n) is 23.8. The third kappa shape index (κ3) is 15.5. The highest BCUT2D eigenvalue weighted by Crippen LogP contribution is 2.30. The van der Waals surface area contributed by atoms with Crippen LogP contribution in [0, 0.1) is 23.7 Å². The first kappa shape index (κ1) is 56.8. The number of hydrogen-bond donors (Lipinski definition) is 3. The lowest BCUT2D eigenvalue weighted by molar-refractivity contribution is -0.149. The average Bonchev–Trinajstić information content (AvgIpc) is 3.81. The summed E-state index contributed by atoms with van der Waals surface area (Å²) in [7, 11) is 7.42. The molecule has 3 rings (SSSR count). The predicted octanol–water partition coefficient (Wildman–Crippen LogP) is 4.75. The maximum Gasteiger partial charge on any atom is 0.408 e. The van der Waals surface area contributed by atoms with Crippen molar-refractivity contribution < 1.29 is 52.5 Å². The highest BCUT2D eigenvalue weighted by atomic mass is 16.5. The molecule has 0 bridgehead atoms. The Morgan fingerprint density at radius 2 is 1.34 bits per heavy atom. The monoisotopic (exact) mass is 951 g/mol. The number of nitrogens with one attached hydrogen (secondary N) is 3. The van der Waals surface area contributed by atoms with Crippen molar-refractivity contribution in [3.05, 3.63) is 71.8 Å². The summed E-state index contributed by atoms with van der Waals surface area (Å²) in [5, 5.41) is 8.34. The smallest absolute Gasteiger partial charge is 0.408 e. The molecule has 0 aromatic heterocycles. The SMILES string of the molecule is CCC(C)C(C(CC(=O)N1CCC[C@H]1C(OC)C(C)C(=O)NC(Cc1ccccc1)C(=O)OC)OC)N(C)C(=O)C(NC(=O)C(C(C)C)N(C)C(=O)C(C)NC(=O)OCc1ccccc1)C(C)C. The summed E-state index contributed by atoms with van der Waals surface area (Å²) < 4.78 is 22.3. The number of hydrogen-bond acceptors (Lipinski definition) is 11. The Morgan fingerprint density at radius 1 is 0.735 bits per heavy atom. The second-order valence-electron chi connectivity index (χ2n) is 18.7. The minimum Gasteiger partial charge on any atom is -0.467 e. The van der Waals surface area contributed by atoms with Crippen LogP contribution in [0.2, 0.25) is 0 Å². The van der Waals surface area contributed by atoms with E-state index in [0.29, 0.717) is 25.8 Å². The summed E-state index contributed by atoms with van der Waals surface area (Å²) in [4.78, 5) is 101. The molecule has 6 amide bonds. The number of carbonyl (C=O) groups excluding carboxylic acids is 7. The van der Waals surface area contributed by atoms with Crippen molar-refractivity contribution in [1.82, 2.24) is 30.7 Å². The molecule has 9 unspecified atom stereocenters. The maximum absolute atomic E-state index is 14.6. The molecule has 2 aromatic carbocycles. The number of amides is 6. The van der Waals surface area contributed by atoms with Crippen molar-refractivity contribution in [3.8, 4) is 0 Å². The Kier molecular flexibility index (Phi) is 22.9. The van der Waals surface area contributed by atoms with Crippen molar-refractivity contribution >= 4 is 41.6 Å². The third-order valence-electron chi connectivity index (χ3n) is 13.2. The number of carbonyl (C=O) groups is 7. The van der Waals surface area contributed by atoms with Gasteiger partial charge in [-0.05, 0) is 48.6 Å². The van der Waals surface area contributed by atoms with Gasteiger partial charge >= 0.3 is 12.1 Å². The topological polar surface area (TPSA) is 202 Å². The summed E-state index contributed by atoms with van der Waals surface area (Å²) in [5.74, 6) is -4.32. The second kappa shape index (κ2) is 27.4. The van der Waals surface area contributed by atoms with Crippen molar-refractivity contribution in [2.45, 2.75) is 143 Å². The zero-order valence-corrected chi connectivity index (χ0v) is 42.5. The summed E-state index contributed by atoms with van der Waals surface area (Å²) in [6, 6.07) is 13.4. The van der Waals surface area contributed by atoms with E-state index in [1.807, 2.05) is 88.4 Å². The van der Waals surface area contributed by atoms with Crippen molar-refractivity contribution in [1.29, 1.82) is 0 Å². The Morgan fingerprint density at radius 3 is 1.87 bits per heavy atom. The van der Waals surface area contributed by atoms with Crippen molar-refractivity contribution in [2.24, 2.45) is 23.7 Å². The van der Waals surface area contributed by atoms with E-state index < -0.39 is 90.1 Å². The van der Waals surface area contributed by atoms with Crippen LogP contribution in [0.1, 0.15) is 92.2 Å². The normalized spacial score (nSPS) is 17.6. The molecule has 68 heavy (non-hydrogen) atoms. The molecule has 0 radical (unpaired) electrons. The van der Waals surface area contributed by atoms with Crippen LogP contribution >= 0.6 is 0 Å². The molecule has 0 aliphatic carbocycles. The van der Waals surface area contributed by atoms with Gasteiger partial charge in [0.1, 0.15) is 30.8 Å². The zero-order valence-electron chi connectivity index (χ0n) is 42.5. The van der Waals surface area contributed by atoms with Crippen LogP contribution in [-0.2, 0) is 60.7 Å². The first-order chi connectivity index (χ1) is 32.2. The quantitative estimate of drug-likeness (QED) is 0.116. The third-order valence-corrected chi connectivity index (χ3v) is 13.2. The summed E-state index contributed by atoms with van der Waals surface area (Å²) in [5.41, 5.74) is 1.63. The number of esters is 1. The largest absolute Gasteiger partial charge is 0.467 e. The molecule has 2 aromatic rings. The Hall–Kier alpha value is -5.55. The lowest BCUT2D eigenvalue weighted by atomic mass is 9.89. The molecule has 17 heteroatoms. The van der Waals surface area contributed by atoms with E-state index in [9.17, 15) is 33.6 Å². The number of ether oxygens (including phenoxy) is 4. The number of likely N-dealkylation sites (tertiary alicyclic amines) is 1. The van der Waals surface area contributed by atoms with Gasteiger partial charge in [-0.2, -0.15) is 0 Å². The van der Waals surface area contributed by atoms with E-state index in [0.717, 1.165) is 11.1 Å². The van der Waals surface area contributed by atoms with Gasteiger partial charge in [0.2, 0.25) is 29.5 Å². The minimum atomic E-state index is -1.02. The molecule has 3 N–H and O–H groups in total. The molecular weight excluding hydrogens is 873 g/mol. The van der Waals surface area contributed by atoms with Crippen LogP contribution in [0.3, 0.4) is 0 Å². The fraction of sp³-hybridized carbons (Fsp3) is 0.627. The maximum atomic E-state index is 14.6. The van der Waals surface area contributed by atoms with E-state index in [1.165, 1.54) is 40.2 Å². The van der Waals surface area contributed by atoms with Gasteiger partial charge in [-0.3, -0.25) is 24.0 Å². The van der Waals surface area contributed by atoms with Crippen molar-refractivity contribution in [2.75, 3.05) is 42.0 Å². The molecule has 1 saturated heterocycles. The molecule has 17 nitrogen and oxygen atoms in total. The van der Waals surface area contributed by atoms with Crippen molar-refractivity contribution in [3.63, 3.8) is 0 Å². The molecule has 378 valence electrons. The number of alkyl carbamates (subject to hydrolysis) is 1. The van der Waals surface area contributed by atoms with Crippen LogP contribution < -0.4 is 16.0 Å². The van der Waals surface area contributed by atoms with Gasteiger partial charge in [-0.1, -0.05) is 116 Å². The summed E-state index contributed by atoms with van der Waals surface area (Å²) in [6.45, 7) is 14.9. The highest BCUT2D eigenvalue weighted by molar-refractivity contribution is 5.94. The van der Waals surface area contributed by atoms with Crippen LogP contribution in [0.15, 0.2) is 60.7 Å². The van der Waals surface area contributed by atoms with E-state index in [-0.39, 0.29) is 43.1 Å². The van der Waals surface area contributed by atoms with E-state index in [2.05, 4.69) is 16.0 Å². The van der Waals surface area contributed by atoms with E-state index in [1.54, 1.807) is 37.6 Å². The number of likely N-dealkylation sites (N-methyl/N-ethyl adjacent to an activating group) is 2. The zero-order chi connectivity index (χ0) is 50.8. The standard InChI is InChI=1S/C51H78N6O11/c1-14-33(6)44(40(65-11)29-41(58)57-27-21-26-39(57)45(66-12)34(7)46(59)53-38(50(63)67-13)28-36-22-17-15-18-23-36)56(10)49(62)42(31(2)3)54-47(60)43(32(4)5)55(9)48(61)35(8)52-51(64)68-30-37-24-19-16-20-25-37/h15-20,22-25,31-35,38-40,42-45H,14,21,26-30H2,1-13H3,(H,52,64)(H,53,59)(H,54,60)/t33?,34?,35?,38?,39-,40?,42?,43?,44?,45?/m0/s1. The highest BCUT2D eigenvalue weighted by Gasteiger charge is 2.44. The molecular formula is C51H78N6O11. The molecule has 0 spiro atoms. The van der Waals surface area contributed by atoms with Gasteiger partial charge in [-0.25, -0.2) is 9.59 Å². The number of rotatable bonds is 25. The number of benzene rings is 2. The average molecular weight is 951 g/mol. The lowest BCUT2D eigenvalue weighted by Gasteiger charge is -2.41. The number of nitrogens with zero attached hydrogens (tertiary/aromatic N) is 3. The predicted molar refractivity (Wildman–Crippen MR) is 258 cm³/mol. The fourth-order valence-electron chi connectivity index (χ4n) is 9.14. The van der Waals surface area contributed by atoms with Gasteiger partial charge in [0, 0.05) is 41.3 Å². The molecule has 10 atom stereocenters. The Balaban J connectivity index is 1.76. The molecule has 1 heterocycles. The second-order valence-corrected chi connectivity index (χ2v) is 18.7. The van der Waals surface area contributed by atoms with Gasteiger partial charge in [-0.15, -0.1) is 0 Å². The van der Waals surface area contributed by atoms with E-state index in [4.69, 9.17) is 18.9 Å². The summed E-state index contributed by atoms with van der Waals surface area (Å²) in [6.07, 6.45) is -0.171. The first-order valence-corrected chi connectivity index (χ1v) is 23.8. The van der Waals surface area contributed by atoms with Gasteiger partial charge < -0.3 is 49.6 Å². The lowest BCUT2D eigenvalue weighted by Crippen LogP contribution is -2.61. The van der Waals surface area contributed by atoms with Crippen LogP contribution in [0.25, 0.3) is 0 Å².